The number of hydrogen-bond donors (Lipinski definition) is 2. The molecule has 0 spiro atoms. The van der Waals surface area contributed by atoms with Gasteiger partial charge in [-0.15, -0.1) is 0 Å². The molecule has 1 saturated heterocycles. The Morgan fingerprint density at radius 3 is 2.21 bits per heavy atom. The van der Waals surface area contributed by atoms with Crippen LogP contribution in [0.3, 0.4) is 0 Å². The van der Waals surface area contributed by atoms with Gasteiger partial charge in [-0.3, -0.25) is 4.90 Å². The predicted molar refractivity (Wildman–Crippen MR) is 73.8 cm³/mol. The number of hydrogen-bond acceptors (Lipinski definition) is 5. The molecule has 0 aromatic heterocycles. The highest BCUT2D eigenvalue weighted by Crippen LogP contribution is 2.29. The molecule has 0 amide bonds. The summed E-state index contributed by atoms with van der Waals surface area (Å²) in [6.07, 6.45) is 0. The highest BCUT2D eigenvalue weighted by molar-refractivity contribution is 5.40. The third-order valence-corrected chi connectivity index (χ3v) is 3.52. The van der Waals surface area contributed by atoms with Gasteiger partial charge in [0, 0.05) is 32.2 Å². The van der Waals surface area contributed by atoms with E-state index >= 15 is 0 Å². The normalized spacial score (nSPS) is 18.1. The van der Waals surface area contributed by atoms with E-state index < -0.39 is 0 Å². The number of rotatable bonds is 5. The number of piperazine rings is 1. The zero-order valence-electron chi connectivity index (χ0n) is 11.6. The van der Waals surface area contributed by atoms with Crippen molar-refractivity contribution < 1.29 is 14.6 Å². The number of aliphatic hydroxyl groups is 1. The molecule has 0 radical (unpaired) electrons. The van der Waals surface area contributed by atoms with Crippen LogP contribution in [0, 0.1) is 0 Å². The Balaban J connectivity index is 2.25. The number of benzene rings is 1. The van der Waals surface area contributed by atoms with Crippen molar-refractivity contribution >= 4 is 0 Å². The van der Waals surface area contributed by atoms with E-state index in [1.807, 2.05) is 18.2 Å². The van der Waals surface area contributed by atoms with E-state index in [0.717, 1.165) is 43.2 Å². The molecule has 1 aromatic carbocycles. The topological polar surface area (TPSA) is 54.0 Å². The number of methoxy groups -OCH3 is 2. The van der Waals surface area contributed by atoms with Gasteiger partial charge in [0.2, 0.25) is 0 Å². The zero-order valence-corrected chi connectivity index (χ0v) is 11.6. The average molecular weight is 266 g/mol. The molecule has 0 bridgehead atoms. The van der Waals surface area contributed by atoms with Crippen molar-refractivity contribution in [1.82, 2.24) is 10.2 Å². The van der Waals surface area contributed by atoms with Crippen LogP contribution in [-0.4, -0.2) is 57.0 Å². The Labute approximate surface area is 114 Å². The van der Waals surface area contributed by atoms with Crippen molar-refractivity contribution in [3.8, 4) is 11.5 Å². The molecule has 106 valence electrons. The summed E-state index contributed by atoms with van der Waals surface area (Å²) >= 11 is 0. The first kappa shape index (κ1) is 14.1. The molecular formula is C14H22N2O3. The summed E-state index contributed by atoms with van der Waals surface area (Å²) < 4.78 is 10.6. The second-order valence-electron chi connectivity index (χ2n) is 4.63. The zero-order chi connectivity index (χ0) is 13.7. The Kier molecular flexibility index (Phi) is 5.01. The van der Waals surface area contributed by atoms with Crippen molar-refractivity contribution in [2.45, 2.75) is 6.04 Å². The van der Waals surface area contributed by atoms with Crippen molar-refractivity contribution in [3.63, 3.8) is 0 Å². The third-order valence-electron chi connectivity index (χ3n) is 3.52. The summed E-state index contributed by atoms with van der Waals surface area (Å²) in [7, 11) is 3.27. The smallest absolute Gasteiger partial charge is 0.122 e. The second kappa shape index (κ2) is 6.75. The Morgan fingerprint density at radius 1 is 1.16 bits per heavy atom. The van der Waals surface area contributed by atoms with E-state index in [1.165, 1.54) is 0 Å². The number of nitrogens with one attached hydrogen (secondary N) is 1. The summed E-state index contributed by atoms with van der Waals surface area (Å²) in [5.41, 5.74) is 1.03. The summed E-state index contributed by atoms with van der Waals surface area (Å²) in [6, 6.07) is 5.76. The summed E-state index contributed by atoms with van der Waals surface area (Å²) in [5.74, 6) is 1.51. The predicted octanol–water partition coefficient (Wildman–Crippen LogP) is 0.642. The van der Waals surface area contributed by atoms with Crippen LogP contribution in [0.2, 0.25) is 0 Å². The summed E-state index contributed by atoms with van der Waals surface area (Å²) in [6.45, 7) is 3.88. The second-order valence-corrected chi connectivity index (χ2v) is 4.63. The van der Waals surface area contributed by atoms with Gasteiger partial charge in [-0.25, -0.2) is 0 Å². The maximum absolute atomic E-state index is 9.72. The summed E-state index contributed by atoms with van der Waals surface area (Å²) in [5, 5.41) is 13.0. The lowest BCUT2D eigenvalue weighted by Gasteiger charge is -2.34. The molecule has 0 unspecified atom stereocenters. The fraction of sp³-hybridized carbons (Fsp3) is 0.571. The average Bonchev–Trinajstić information content (AvgIpc) is 2.48. The monoisotopic (exact) mass is 266 g/mol. The molecule has 1 heterocycles. The molecule has 0 saturated carbocycles. The standard InChI is InChI=1S/C14H22N2O3/c1-18-12-7-11(8-13(9-12)19-2)14(10-17)16-5-3-15-4-6-16/h7-9,14-15,17H,3-6,10H2,1-2H3/t14-/m0/s1. The Bertz CT molecular complexity index is 383. The van der Waals surface area contributed by atoms with Gasteiger partial charge in [-0.05, 0) is 17.7 Å². The molecule has 2 rings (SSSR count). The SMILES string of the molecule is COc1cc(OC)cc([C@H](CO)N2CCNCC2)c1. The van der Waals surface area contributed by atoms with Crippen LogP contribution >= 0.6 is 0 Å². The van der Waals surface area contributed by atoms with Crippen LogP contribution in [0.4, 0.5) is 0 Å². The molecule has 5 nitrogen and oxygen atoms in total. The summed E-state index contributed by atoms with van der Waals surface area (Å²) in [4.78, 5) is 2.28. The van der Waals surface area contributed by atoms with Crippen LogP contribution in [-0.2, 0) is 0 Å². The molecule has 0 aliphatic carbocycles. The first-order chi connectivity index (χ1) is 9.28. The molecule has 5 heteroatoms. The number of aliphatic hydroxyl groups excluding tert-OH is 1. The van der Waals surface area contributed by atoms with E-state index in [1.54, 1.807) is 14.2 Å². The third kappa shape index (κ3) is 3.37. The van der Waals surface area contributed by atoms with Crippen LogP contribution in [0.5, 0.6) is 11.5 Å². The minimum Gasteiger partial charge on any atom is -0.497 e. The van der Waals surface area contributed by atoms with E-state index in [9.17, 15) is 5.11 Å². The molecule has 19 heavy (non-hydrogen) atoms. The lowest BCUT2D eigenvalue weighted by atomic mass is 10.0. The molecule has 1 aromatic rings. The molecule has 1 aliphatic rings. The lowest BCUT2D eigenvalue weighted by Crippen LogP contribution is -2.46. The maximum atomic E-state index is 9.72. The molecule has 1 atom stereocenters. The first-order valence-electron chi connectivity index (χ1n) is 6.57. The first-order valence-corrected chi connectivity index (χ1v) is 6.57. The lowest BCUT2D eigenvalue weighted by molar-refractivity contribution is 0.110. The largest absolute Gasteiger partial charge is 0.497 e. The van der Waals surface area contributed by atoms with E-state index in [-0.39, 0.29) is 12.6 Å². The minimum atomic E-state index is -0.00824. The van der Waals surface area contributed by atoms with Gasteiger partial charge < -0.3 is 19.9 Å². The van der Waals surface area contributed by atoms with Crippen molar-refractivity contribution in [1.29, 1.82) is 0 Å². The van der Waals surface area contributed by atoms with Crippen molar-refractivity contribution in [2.75, 3.05) is 47.0 Å². The van der Waals surface area contributed by atoms with Gasteiger partial charge in [0.05, 0.1) is 26.9 Å². The van der Waals surface area contributed by atoms with Gasteiger partial charge in [-0.2, -0.15) is 0 Å². The quantitative estimate of drug-likeness (QED) is 0.819. The molecule has 2 N–H and O–H groups in total. The van der Waals surface area contributed by atoms with Gasteiger partial charge in [0.15, 0.2) is 0 Å². The highest BCUT2D eigenvalue weighted by atomic mass is 16.5. The highest BCUT2D eigenvalue weighted by Gasteiger charge is 2.22. The van der Waals surface area contributed by atoms with Gasteiger partial charge >= 0.3 is 0 Å². The van der Waals surface area contributed by atoms with E-state index in [4.69, 9.17) is 9.47 Å². The van der Waals surface area contributed by atoms with Gasteiger partial charge in [-0.1, -0.05) is 0 Å². The van der Waals surface area contributed by atoms with E-state index in [2.05, 4.69) is 10.2 Å². The molecule has 1 aliphatic heterocycles. The fourth-order valence-electron chi connectivity index (χ4n) is 2.45. The molecule has 1 fully saturated rings. The van der Waals surface area contributed by atoms with Crippen LogP contribution in [0.25, 0.3) is 0 Å². The number of ether oxygens (including phenoxy) is 2. The van der Waals surface area contributed by atoms with Gasteiger partial charge in [0.1, 0.15) is 11.5 Å². The van der Waals surface area contributed by atoms with Crippen LogP contribution in [0.1, 0.15) is 11.6 Å². The van der Waals surface area contributed by atoms with Gasteiger partial charge in [0.25, 0.3) is 0 Å². The van der Waals surface area contributed by atoms with Crippen LogP contribution < -0.4 is 14.8 Å². The fourth-order valence-corrected chi connectivity index (χ4v) is 2.45. The van der Waals surface area contributed by atoms with Crippen molar-refractivity contribution in [3.05, 3.63) is 23.8 Å². The van der Waals surface area contributed by atoms with Crippen molar-refractivity contribution in [2.24, 2.45) is 0 Å². The Morgan fingerprint density at radius 2 is 1.74 bits per heavy atom. The number of nitrogens with zero attached hydrogens (tertiary/aromatic N) is 1. The Hall–Kier alpha value is -1.30. The maximum Gasteiger partial charge on any atom is 0.122 e. The minimum absolute atomic E-state index is 0.00824. The van der Waals surface area contributed by atoms with E-state index in [0.29, 0.717) is 0 Å². The molecular weight excluding hydrogens is 244 g/mol. The van der Waals surface area contributed by atoms with Crippen LogP contribution in [0.15, 0.2) is 18.2 Å².